The zero-order valence-corrected chi connectivity index (χ0v) is 12.0. The molecular formula is C14H14ClN3O3. The lowest BCUT2D eigenvalue weighted by molar-refractivity contribution is -0.384. The van der Waals surface area contributed by atoms with Crippen molar-refractivity contribution in [3.8, 4) is 5.69 Å². The summed E-state index contributed by atoms with van der Waals surface area (Å²) >= 11 is 6.21. The fraction of sp³-hybridized carbons (Fsp3) is 0.286. The van der Waals surface area contributed by atoms with Crippen molar-refractivity contribution in [3.63, 3.8) is 0 Å². The summed E-state index contributed by atoms with van der Waals surface area (Å²) in [5.74, 6) is 0. The van der Waals surface area contributed by atoms with E-state index < -0.39 is 4.92 Å². The number of aromatic nitrogens is 1. The highest BCUT2D eigenvalue weighted by Gasteiger charge is 2.24. The van der Waals surface area contributed by atoms with Gasteiger partial charge < -0.3 is 14.2 Å². The highest BCUT2D eigenvalue weighted by Crippen LogP contribution is 2.36. The summed E-state index contributed by atoms with van der Waals surface area (Å²) in [6, 6.07) is 6.95. The van der Waals surface area contributed by atoms with Gasteiger partial charge in [-0.1, -0.05) is 11.6 Å². The monoisotopic (exact) mass is 307 g/mol. The number of morpholine rings is 1. The molecule has 0 radical (unpaired) electrons. The second-order valence-corrected chi connectivity index (χ2v) is 5.15. The lowest BCUT2D eigenvalue weighted by Crippen LogP contribution is -2.36. The van der Waals surface area contributed by atoms with Crippen LogP contribution in [-0.4, -0.2) is 35.8 Å². The molecule has 0 amide bonds. The Morgan fingerprint density at radius 3 is 2.43 bits per heavy atom. The molecule has 1 aliphatic heterocycles. The number of ether oxygens (including phenoxy) is 1. The Balaban J connectivity index is 2.10. The van der Waals surface area contributed by atoms with E-state index in [9.17, 15) is 10.1 Å². The highest BCUT2D eigenvalue weighted by atomic mass is 35.5. The van der Waals surface area contributed by atoms with Crippen molar-refractivity contribution >= 4 is 23.0 Å². The third-order valence-corrected chi connectivity index (χ3v) is 3.78. The predicted molar refractivity (Wildman–Crippen MR) is 80.5 cm³/mol. The Kier molecular flexibility index (Phi) is 3.81. The van der Waals surface area contributed by atoms with Crippen LogP contribution in [-0.2, 0) is 4.74 Å². The van der Waals surface area contributed by atoms with E-state index in [1.54, 1.807) is 6.07 Å². The molecule has 3 rings (SSSR count). The molecule has 1 aromatic carbocycles. The van der Waals surface area contributed by atoms with E-state index in [0.29, 0.717) is 37.0 Å². The first-order chi connectivity index (χ1) is 10.2. The van der Waals surface area contributed by atoms with Gasteiger partial charge in [-0.25, -0.2) is 0 Å². The van der Waals surface area contributed by atoms with Crippen LogP contribution in [0.4, 0.5) is 11.4 Å². The van der Waals surface area contributed by atoms with Crippen LogP contribution < -0.4 is 4.90 Å². The fourth-order valence-corrected chi connectivity index (χ4v) is 2.69. The van der Waals surface area contributed by atoms with E-state index in [4.69, 9.17) is 16.3 Å². The summed E-state index contributed by atoms with van der Waals surface area (Å²) in [6.07, 6.45) is 3.71. The minimum absolute atomic E-state index is 0.0257. The number of anilines is 1. The molecular weight excluding hydrogens is 294 g/mol. The van der Waals surface area contributed by atoms with Gasteiger partial charge in [-0.05, 0) is 18.2 Å². The third kappa shape index (κ3) is 2.72. The van der Waals surface area contributed by atoms with Crippen LogP contribution in [0.5, 0.6) is 0 Å². The fourth-order valence-electron chi connectivity index (χ4n) is 2.44. The Hall–Kier alpha value is -2.05. The number of benzene rings is 1. The summed E-state index contributed by atoms with van der Waals surface area (Å²) in [7, 11) is 0. The van der Waals surface area contributed by atoms with Crippen molar-refractivity contribution in [3.05, 3.63) is 51.8 Å². The van der Waals surface area contributed by atoms with Crippen LogP contribution in [0.1, 0.15) is 0 Å². The molecule has 0 spiro atoms. The van der Waals surface area contributed by atoms with E-state index in [1.165, 1.54) is 6.07 Å². The third-order valence-electron chi connectivity index (χ3n) is 3.48. The van der Waals surface area contributed by atoms with Crippen molar-refractivity contribution in [1.29, 1.82) is 0 Å². The zero-order valence-electron chi connectivity index (χ0n) is 11.2. The number of nitro benzene ring substituents is 1. The first-order valence-corrected chi connectivity index (χ1v) is 6.98. The Morgan fingerprint density at radius 2 is 1.81 bits per heavy atom. The van der Waals surface area contributed by atoms with Crippen LogP contribution in [0.15, 0.2) is 36.7 Å². The zero-order chi connectivity index (χ0) is 14.8. The van der Waals surface area contributed by atoms with Crippen LogP contribution >= 0.6 is 11.6 Å². The van der Waals surface area contributed by atoms with Gasteiger partial charge in [0.15, 0.2) is 0 Å². The van der Waals surface area contributed by atoms with Crippen molar-refractivity contribution in [2.24, 2.45) is 0 Å². The molecule has 21 heavy (non-hydrogen) atoms. The van der Waals surface area contributed by atoms with E-state index in [1.807, 2.05) is 34.0 Å². The van der Waals surface area contributed by atoms with Gasteiger partial charge in [0.05, 0.1) is 28.8 Å². The molecule has 2 aromatic rings. The van der Waals surface area contributed by atoms with E-state index in [-0.39, 0.29) is 5.69 Å². The van der Waals surface area contributed by atoms with Gasteiger partial charge >= 0.3 is 0 Å². The Bertz CT molecular complexity index is 652. The minimum Gasteiger partial charge on any atom is -0.378 e. The maximum atomic E-state index is 11.3. The standard InChI is InChI=1S/C14H14ClN3O3/c15-11-9-14(18(19)20)13(17-5-7-21-8-6-17)10-12(11)16-3-1-2-4-16/h1-4,9-10H,5-8H2. The lowest BCUT2D eigenvalue weighted by Gasteiger charge is -2.29. The van der Waals surface area contributed by atoms with Gasteiger partial charge in [-0.15, -0.1) is 0 Å². The first kappa shape index (κ1) is 13.9. The van der Waals surface area contributed by atoms with E-state index >= 15 is 0 Å². The molecule has 0 aliphatic carbocycles. The average molecular weight is 308 g/mol. The van der Waals surface area contributed by atoms with Gasteiger partial charge in [0.25, 0.3) is 5.69 Å². The largest absolute Gasteiger partial charge is 0.378 e. The lowest BCUT2D eigenvalue weighted by atomic mass is 10.2. The quantitative estimate of drug-likeness (QED) is 0.646. The molecule has 0 bridgehead atoms. The minimum atomic E-state index is -0.393. The van der Waals surface area contributed by atoms with Gasteiger partial charge in [0.1, 0.15) is 5.69 Å². The molecule has 0 N–H and O–H groups in total. The number of hydrogen-bond donors (Lipinski definition) is 0. The first-order valence-electron chi connectivity index (χ1n) is 6.61. The smallest absolute Gasteiger partial charge is 0.294 e. The SMILES string of the molecule is O=[N+]([O-])c1cc(Cl)c(-n2cccc2)cc1N1CCOCC1. The molecule has 1 fully saturated rings. The summed E-state index contributed by atoms with van der Waals surface area (Å²) in [5, 5.41) is 11.7. The van der Waals surface area contributed by atoms with E-state index in [2.05, 4.69) is 0 Å². The highest BCUT2D eigenvalue weighted by molar-refractivity contribution is 6.32. The normalized spacial score (nSPS) is 15.2. The number of halogens is 1. The molecule has 6 nitrogen and oxygen atoms in total. The molecule has 0 unspecified atom stereocenters. The molecule has 1 aromatic heterocycles. The Morgan fingerprint density at radius 1 is 1.14 bits per heavy atom. The number of nitro groups is 1. The molecule has 1 aliphatic rings. The van der Waals surface area contributed by atoms with Crippen molar-refractivity contribution in [2.75, 3.05) is 31.2 Å². The average Bonchev–Trinajstić information content (AvgIpc) is 3.01. The molecule has 0 saturated carbocycles. The van der Waals surface area contributed by atoms with Crippen LogP contribution in [0.25, 0.3) is 5.69 Å². The van der Waals surface area contributed by atoms with Crippen LogP contribution in [0.3, 0.4) is 0 Å². The maximum Gasteiger partial charge on any atom is 0.294 e. The van der Waals surface area contributed by atoms with Crippen LogP contribution in [0, 0.1) is 10.1 Å². The summed E-state index contributed by atoms with van der Waals surface area (Å²) in [6.45, 7) is 2.40. The van der Waals surface area contributed by atoms with Crippen molar-refractivity contribution < 1.29 is 9.66 Å². The second kappa shape index (κ2) is 5.75. The van der Waals surface area contributed by atoms with Gasteiger partial charge in [0, 0.05) is 31.5 Å². The molecule has 110 valence electrons. The Labute approximate surface area is 126 Å². The van der Waals surface area contributed by atoms with Gasteiger partial charge in [-0.2, -0.15) is 0 Å². The maximum absolute atomic E-state index is 11.3. The number of hydrogen-bond acceptors (Lipinski definition) is 4. The summed E-state index contributed by atoms with van der Waals surface area (Å²) in [4.78, 5) is 12.9. The molecule has 1 saturated heterocycles. The van der Waals surface area contributed by atoms with Gasteiger partial charge in [-0.3, -0.25) is 10.1 Å². The summed E-state index contributed by atoms with van der Waals surface area (Å²) < 4.78 is 7.15. The van der Waals surface area contributed by atoms with E-state index in [0.717, 1.165) is 5.69 Å². The topological polar surface area (TPSA) is 60.5 Å². The van der Waals surface area contributed by atoms with Crippen LogP contribution in [0.2, 0.25) is 5.02 Å². The number of nitrogens with zero attached hydrogens (tertiary/aromatic N) is 3. The number of rotatable bonds is 3. The van der Waals surface area contributed by atoms with Gasteiger partial charge in [0.2, 0.25) is 0 Å². The molecule has 0 atom stereocenters. The second-order valence-electron chi connectivity index (χ2n) is 4.74. The molecule has 2 heterocycles. The molecule has 7 heteroatoms. The van der Waals surface area contributed by atoms with Crippen molar-refractivity contribution in [2.45, 2.75) is 0 Å². The predicted octanol–water partition coefficient (Wildman–Crippen LogP) is 2.88. The van der Waals surface area contributed by atoms with Crippen molar-refractivity contribution in [1.82, 2.24) is 4.57 Å². The summed E-state index contributed by atoms with van der Waals surface area (Å²) in [5.41, 5.74) is 1.34.